The Kier molecular flexibility index (Phi) is 4.12. The van der Waals surface area contributed by atoms with Gasteiger partial charge in [-0.3, -0.25) is 4.79 Å². The van der Waals surface area contributed by atoms with Gasteiger partial charge in [-0.2, -0.15) is 0 Å². The van der Waals surface area contributed by atoms with E-state index in [2.05, 4.69) is 15.9 Å². The van der Waals surface area contributed by atoms with E-state index in [0.717, 1.165) is 6.42 Å². The number of hydrogen-bond donors (Lipinski definition) is 0. The largest absolute Gasteiger partial charge is 0.380 e. The van der Waals surface area contributed by atoms with Gasteiger partial charge >= 0.3 is 0 Å². The third kappa shape index (κ3) is 3.04. The van der Waals surface area contributed by atoms with E-state index in [0.29, 0.717) is 36.3 Å². The lowest BCUT2D eigenvalue weighted by Gasteiger charge is -2.20. The average molecular weight is 302 g/mol. The maximum absolute atomic E-state index is 13.1. The first-order valence-corrected chi connectivity index (χ1v) is 6.30. The predicted molar refractivity (Wildman–Crippen MR) is 65.4 cm³/mol. The van der Waals surface area contributed by atoms with Gasteiger partial charge in [-0.25, -0.2) is 4.39 Å². The molecule has 92 valence electrons. The normalized spacial score (nSPS) is 16.7. The molecule has 0 unspecified atom stereocenters. The van der Waals surface area contributed by atoms with Gasteiger partial charge in [-0.15, -0.1) is 0 Å². The summed E-state index contributed by atoms with van der Waals surface area (Å²) < 4.78 is 19.0. The molecule has 0 saturated carbocycles. The molecule has 0 spiro atoms. The van der Waals surface area contributed by atoms with Crippen molar-refractivity contribution >= 4 is 21.8 Å². The third-order valence-corrected chi connectivity index (χ3v) is 3.36. The predicted octanol–water partition coefficient (Wildman–Crippen LogP) is 2.45. The SMILES string of the molecule is O=C(c1cc(F)ccc1Br)N1CCCOCC1. The first-order valence-electron chi connectivity index (χ1n) is 5.50. The smallest absolute Gasteiger partial charge is 0.255 e. The molecule has 1 aromatic carbocycles. The van der Waals surface area contributed by atoms with E-state index < -0.39 is 5.82 Å². The zero-order valence-corrected chi connectivity index (χ0v) is 10.9. The number of carbonyl (C=O) groups excluding carboxylic acids is 1. The van der Waals surface area contributed by atoms with Crippen LogP contribution in [0.4, 0.5) is 4.39 Å². The number of hydrogen-bond acceptors (Lipinski definition) is 2. The molecule has 1 aromatic rings. The molecule has 1 amide bonds. The second-order valence-electron chi connectivity index (χ2n) is 3.88. The summed E-state index contributed by atoms with van der Waals surface area (Å²) >= 11 is 3.27. The molecule has 0 radical (unpaired) electrons. The number of rotatable bonds is 1. The van der Waals surface area contributed by atoms with Gasteiger partial charge in [0.2, 0.25) is 0 Å². The van der Waals surface area contributed by atoms with Crippen LogP contribution < -0.4 is 0 Å². The van der Waals surface area contributed by atoms with Crippen molar-refractivity contribution < 1.29 is 13.9 Å². The van der Waals surface area contributed by atoms with Crippen molar-refractivity contribution in [2.45, 2.75) is 6.42 Å². The first kappa shape index (κ1) is 12.5. The highest BCUT2D eigenvalue weighted by molar-refractivity contribution is 9.10. The fourth-order valence-electron chi connectivity index (χ4n) is 1.78. The van der Waals surface area contributed by atoms with Crippen LogP contribution in [0, 0.1) is 5.82 Å². The number of halogens is 2. The molecule has 0 N–H and O–H groups in total. The lowest BCUT2D eigenvalue weighted by molar-refractivity contribution is 0.0740. The van der Waals surface area contributed by atoms with Crippen LogP contribution >= 0.6 is 15.9 Å². The van der Waals surface area contributed by atoms with E-state index in [9.17, 15) is 9.18 Å². The minimum atomic E-state index is -0.400. The standard InChI is InChI=1S/C12H13BrFNO2/c13-11-3-2-9(14)8-10(11)12(16)15-4-1-6-17-7-5-15/h2-3,8H,1,4-7H2. The Balaban J connectivity index is 2.20. The van der Waals surface area contributed by atoms with Crippen molar-refractivity contribution in [2.24, 2.45) is 0 Å². The molecule has 3 nitrogen and oxygen atoms in total. The Bertz CT molecular complexity index is 417. The van der Waals surface area contributed by atoms with E-state index in [1.807, 2.05) is 0 Å². The van der Waals surface area contributed by atoms with Crippen LogP contribution in [0.1, 0.15) is 16.8 Å². The molecule has 17 heavy (non-hydrogen) atoms. The summed E-state index contributed by atoms with van der Waals surface area (Å²) in [5.41, 5.74) is 0.368. The lowest BCUT2D eigenvalue weighted by atomic mass is 10.2. The average Bonchev–Trinajstić information content (AvgIpc) is 2.60. The van der Waals surface area contributed by atoms with Crippen molar-refractivity contribution in [3.05, 3.63) is 34.1 Å². The highest BCUT2D eigenvalue weighted by atomic mass is 79.9. The first-order chi connectivity index (χ1) is 8.18. The van der Waals surface area contributed by atoms with Crippen LogP contribution in [0.15, 0.2) is 22.7 Å². The maximum Gasteiger partial charge on any atom is 0.255 e. The number of ether oxygens (including phenoxy) is 1. The van der Waals surface area contributed by atoms with Crippen molar-refractivity contribution in [2.75, 3.05) is 26.3 Å². The summed E-state index contributed by atoms with van der Waals surface area (Å²) in [6.07, 6.45) is 0.818. The highest BCUT2D eigenvalue weighted by Gasteiger charge is 2.19. The molecule has 0 aromatic heterocycles. The zero-order chi connectivity index (χ0) is 12.3. The molecule has 0 aliphatic carbocycles. The summed E-state index contributed by atoms with van der Waals surface area (Å²) in [4.78, 5) is 13.9. The van der Waals surface area contributed by atoms with Gasteiger partial charge in [-0.1, -0.05) is 0 Å². The van der Waals surface area contributed by atoms with Crippen molar-refractivity contribution in [1.82, 2.24) is 4.90 Å². The summed E-state index contributed by atoms with van der Waals surface area (Å²) in [6, 6.07) is 4.14. The van der Waals surface area contributed by atoms with Gasteiger partial charge in [0, 0.05) is 24.2 Å². The quantitative estimate of drug-likeness (QED) is 0.797. The summed E-state index contributed by atoms with van der Waals surface area (Å²) in [6.45, 7) is 2.43. The van der Waals surface area contributed by atoms with Gasteiger partial charge < -0.3 is 9.64 Å². The van der Waals surface area contributed by atoms with E-state index in [1.54, 1.807) is 11.0 Å². The molecule has 1 heterocycles. The Morgan fingerprint density at radius 2 is 2.18 bits per heavy atom. The van der Waals surface area contributed by atoms with E-state index >= 15 is 0 Å². The summed E-state index contributed by atoms with van der Waals surface area (Å²) in [7, 11) is 0. The van der Waals surface area contributed by atoms with Crippen molar-refractivity contribution in [1.29, 1.82) is 0 Å². The number of benzene rings is 1. The molecule has 1 aliphatic heterocycles. The van der Waals surface area contributed by atoms with Crippen LogP contribution in [-0.4, -0.2) is 37.1 Å². The monoisotopic (exact) mass is 301 g/mol. The molecular formula is C12H13BrFNO2. The van der Waals surface area contributed by atoms with Gasteiger partial charge in [0.15, 0.2) is 0 Å². The fraction of sp³-hybridized carbons (Fsp3) is 0.417. The second kappa shape index (κ2) is 5.60. The van der Waals surface area contributed by atoms with Gasteiger partial charge in [0.25, 0.3) is 5.91 Å². The molecule has 0 bridgehead atoms. The Hall–Kier alpha value is -0.940. The second-order valence-corrected chi connectivity index (χ2v) is 4.74. The van der Waals surface area contributed by atoms with Gasteiger partial charge in [0.1, 0.15) is 5.82 Å². The van der Waals surface area contributed by atoms with Crippen molar-refractivity contribution in [3.63, 3.8) is 0 Å². The topological polar surface area (TPSA) is 29.5 Å². The molecule has 5 heteroatoms. The highest BCUT2D eigenvalue weighted by Crippen LogP contribution is 2.20. The van der Waals surface area contributed by atoms with Crippen LogP contribution in [-0.2, 0) is 4.74 Å². The Morgan fingerprint density at radius 3 is 3.00 bits per heavy atom. The van der Waals surface area contributed by atoms with Gasteiger partial charge in [-0.05, 0) is 40.5 Å². The zero-order valence-electron chi connectivity index (χ0n) is 9.29. The minimum Gasteiger partial charge on any atom is -0.380 e. The van der Waals surface area contributed by atoms with Crippen LogP contribution in [0.3, 0.4) is 0 Å². The van der Waals surface area contributed by atoms with Crippen LogP contribution in [0.25, 0.3) is 0 Å². The number of amides is 1. The van der Waals surface area contributed by atoms with E-state index in [4.69, 9.17) is 4.74 Å². The van der Waals surface area contributed by atoms with E-state index in [-0.39, 0.29) is 5.91 Å². The maximum atomic E-state index is 13.1. The number of nitrogens with zero attached hydrogens (tertiary/aromatic N) is 1. The molecular weight excluding hydrogens is 289 g/mol. The minimum absolute atomic E-state index is 0.151. The molecule has 2 rings (SSSR count). The molecule has 0 atom stereocenters. The van der Waals surface area contributed by atoms with Crippen molar-refractivity contribution in [3.8, 4) is 0 Å². The summed E-state index contributed by atoms with van der Waals surface area (Å²) in [5, 5.41) is 0. The van der Waals surface area contributed by atoms with Crippen LogP contribution in [0.5, 0.6) is 0 Å². The summed E-state index contributed by atoms with van der Waals surface area (Å²) in [5.74, 6) is -0.551. The van der Waals surface area contributed by atoms with Crippen LogP contribution in [0.2, 0.25) is 0 Å². The lowest BCUT2D eigenvalue weighted by Crippen LogP contribution is -2.33. The Morgan fingerprint density at radius 1 is 1.35 bits per heavy atom. The molecule has 1 saturated heterocycles. The fourth-order valence-corrected chi connectivity index (χ4v) is 2.20. The third-order valence-electron chi connectivity index (χ3n) is 2.67. The molecule has 1 fully saturated rings. The Labute approximate surface area is 108 Å². The van der Waals surface area contributed by atoms with Gasteiger partial charge in [0.05, 0.1) is 12.2 Å². The van der Waals surface area contributed by atoms with E-state index in [1.165, 1.54) is 12.1 Å². The number of carbonyl (C=O) groups is 1. The molecule has 1 aliphatic rings.